The molecule has 0 unspecified atom stereocenters. The lowest BCUT2D eigenvalue weighted by atomic mass is 9.74. The van der Waals surface area contributed by atoms with Gasteiger partial charge in [-0.2, -0.15) is 0 Å². The first kappa shape index (κ1) is 15.4. The highest BCUT2D eigenvalue weighted by Crippen LogP contribution is 2.31. The Labute approximate surface area is 108 Å². The second-order valence-corrected chi connectivity index (χ2v) is 4.90. The molecule has 1 fully saturated rings. The third-order valence-corrected chi connectivity index (χ3v) is 3.52. The number of hydrogen-bond acceptors (Lipinski definition) is 4. The molecule has 1 aliphatic carbocycles. The Morgan fingerprint density at radius 3 is 2.44 bits per heavy atom. The summed E-state index contributed by atoms with van der Waals surface area (Å²) < 4.78 is 0. The Morgan fingerprint density at radius 1 is 1.11 bits per heavy atom. The molecule has 4 N–H and O–H groups in total. The fraction of sp³-hybridized carbons (Fsp3) is 0.714. The summed E-state index contributed by atoms with van der Waals surface area (Å²) in [5, 5.41) is 38.3. The Bertz CT molecular complexity index is 288. The summed E-state index contributed by atoms with van der Waals surface area (Å²) >= 11 is 0. The number of aliphatic hydroxyl groups excluding tert-OH is 4. The largest absolute Gasteiger partial charge is 0.396 e. The van der Waals surface area contributed by atoms with Crippen LogP contribution in [0.15, 0.2) is 24.3 Å². The van der Waals surface area contributed by atoms with Crippen LogP contribution >= 0.6 is 0 Å². The summed E-state index contributed by atoms with van der Waals surface area (Å²) in [4.78, 5) is 0. The Hall–Kier alpha value is -0.680. The van der Waals surface area contributed by atoms with Crippen LogP contribution in [0.25, 0.3) is 0 Å². The fourth-order valence-electron chi connectivity index (χ4n) is 2.34. The van der Waals surface area contributed by atoms with Gasteiger partial charge in [0.25, 0.3) is 0 Å². The van der Waals surface area contributed by atoms with Crippen molar-refractivity contribution in [2.75, 3.05) is 6.61 Å². The highest BCUT2D eigenvalue weighted by molar-refractivity contribution is 5.08. The van der Waals surface area contributed by atoms with Crippen LogP contribution in [-0.2, 0) is 0 Å². The van der Waals surface area contributed by atoms with Crippen LogP contribution in [0.4, 0.5) is 0 Å². The van der Waals surface area contributed by atoms with Crippen LogP contribution in [-0.4, -0.2) is 45.3 Å². The topological polar surface area (TPSA) is 80.9 Å². The molecular formula is C14H24O4. The highest BCUT2D eigenvalue weighted by atomic mass is 16.4. The van der Waals surface area contributed by atoms with Crippen molar-refractivity contribution in [3.05, 3.63) is 24.3 Å². The predicted octanol–water partition coefficient (Wildman–Crippen LogP) is 0.610. The maximum absolute atomic E-state index is 9.80. The maximum Gasteiger partial charge on any atom is 0.106 e. The molecule has 0 radical (unpaired) electrons. The summed E-state index contributed by atoms with van der Waals surface area (Å²) in [6, 6.07) is 0. The van der Waals surface area contributed by atoms with Crippen LogP contribution < -0.4 is 0 Å². The predicted molar refractivity (Wildman–Crippen MR) is 69.9 cm³/mol. The van der Waals surface area contributed by atoms with E-state index in [9.17, 15) is 20.4 Å². The van der Waals surface area contributed by atoms with E-state index in [2.05, 4.69) is 13.0 Å². The Kier molecular flexibility index (Phi) is 6.57. The third-order valence-electron chi connectivity index (χ3n) is 3.52. The Morgan fingerprint density at radius 2 is 1.83 bits per heavy atom. The van der Waals surface area contributed by atoms with E-state index in [1.165, 1.54) is 0 Å². The quantitative estimate of drug-likeness (QED) is 0.543. The van der Waals surface area contributed by atoms with Crippen molar-refractivity contribution in [3.8, 4) is 0 Å². The minimum atomic E-state index is -1.16. The smallest absolute Gasteiger partial charge is 0.106 e. The van der Waals surface area contributed by atoms with Crippen molar-refractivity contribution in [2.24, 2.45) is 11.8 Å². The van der Waals surface area contributed by atoms with E-state index in [4.69, 9.17) is 0 Å². The van der Waals surface area contributed by atoms with E-state index in [1.54, 1.807) is 0 Å². The van der Waals surface area contributed by atoms with Gasteiger partial charge in [-0.3, -0.25) is 0 Å². The first-order chi connectivity index (χ1) is 8.61. The van der Waals surface area contributed by atoms with Crippen molar-refractivity contribution in [2.45, 2.75) is 44.5 Å². The van der Waals surface area contributed by atoms with Gasteiger partial charge in [-0.25, -0.2) is 0 Å². The van der Waals surface area contributed by atoms with Crippen LogP contribution in [0.3, 0.4) is 0 Å². The molecule has 0 spiro atoms. The summed E-state index contributed by atoms with van der Waals surface area (Å²) in [7, 11) is 0. The first-order valence-corrected chi connectivity index (χ1v) is 6.60. The Balaban J connectivity index is 2.62. The molecule has 18 heavy (non-hydrogen) atoms. The van der Waals surface area contributed by atoms with Crippen LogP contribution in [0.1, 0.15) is 26.2 Å². The van der Waals surface area contributed by atoms with Crippen molar-refractivity contribution < 1.29 is 20.4 Å². The molecule has 0 bridgehead atoms. The maximum atomic E-state index is 9.80. The van der Waals surface area contributed by atoms with E-state index in [0.717, 1.165) is 12.8 Å². The standard InChI is InChI=1S/C14H24O4/c1-2-3-4-5-6-7-10-8-12(16)14(18)13(17)11(10)9-15/h4-7,10-18H,2-3,8-9H2,1H3/b5-4+,7-6+/t10-,11-,12-,13-,14+/m1/s1. The minimum Gasteiger partial charge on any atom is -0.396 e. The molecule has 0 aliphatic heterocycles. The molecule has 4 heteroatoms. The summed E-state index contributed by atoms with van der Waals surface area (Å²) in [6.45, 7) is 1.91. The van der Waals surface area contributed by atoms with E-state index in [0.29, 0.717) is 6.42 Å². The van der Waals surface area contributed by atoms with E-state index >= 15 is 0 Å². The van der Waals surface area contributed by atoms with Gasteiger partial charge in [0.2, 0.25) is 0 Å². The van der Waals surface area contributed by atoms with Gasteiger partial charge in [0, 0.05) is 12.5 Å². The zero-order chi connectivity index (χ0) is 13.5. The van der Waals surface area contributed by atoms with Gasteiger partial charge in [-0.05, 0) is 18.8 Å². The van der Waals surface area contributed by atoms with E-state index in [-0.39, 0.29) is 12.5 Å². The third kappa shape index (κ3) is 3.92. The van der Waals surface area contributed by atoms with Crippen LogP contribution in [0, 0.1) is 11.8 Å². The average Bonchev–Trinajstić information content (AvgIpc) is 2.36. The molecule has 1 saturated carbocycles. The second kappa shape index (κ2) is 7.69. The molecule has 1 rings (SSSR count). The molecule has 0 aromatic heterocycles. The van der Waals surface area contributed by atoms with Gasteiger partial charge in [0.05, 0.1) is 12.2 Å². The van der Waals surface area contributed by atoms with Crippen molar-refractivity contribution in [1.82, 2.24) is 0 Å². The van der Waals surface area contributed by atoms with Gasteiger partial charge < -0.3 is 20.4 Å². The van der Waals surface area contributed by atoms with Gasteiger partial charge in [0.15, 0.2) is 0 Å². The number of aliphatic hydroxyl groups is 4. The molecule has 0 saturated heterocycles. The van der Waals surface area contributed by atoms with Crippen molar-refractivity contribution in [3.63, 3.8) is 0 Å². The molecule has 5 atom stereocenters. The molecule has 0 aromatic rings. The van der Waals surface area contributed by atoms with E-state index < -0.39 is 24.2 Å². The van der Waals surface area contributed by atoms with Crippen LogP contribution in [0.5, 0.6) is 0 Å². The number of hydrogen-bond donors (Lipinski definition) is 4. The SMILES string of the molecule is CCC/C=C/C=C/[C@@H]1C[C@@H](O)[C@H](O)[C@H](O)[C@@H]1CO. The lowest BCUT2D eigenvalue weighted by Crippen LogP contribution is -2.51. The van der Waals surface area contributed by atoms with Gasteiger partial charge >= 0.3 is 0 Å². The minimum absolute atomic E-state index is 0.116. The van der Waals surface area contributed by atoms with Gasteiger partial charge in [-0.1, -0.05) is 37.6 Å². The monoisotopic (exact) mass is 256 g/mol. The fourth-order valence-corrected chi connectivity index (χ4v) is 2.34. The van der Waals surface area contributed by atoms with Crippen LogP contribution in [0.2, 0.25) is 0 Å². The van der Waals surface area contributed by atoms with E-state index in [1.807, 2.05) is 18.2 Å². The molecule has 0 heterocycles. The number of allylic oxidation sites excluding steroid dienone is 4. The van der Waals surface area contributed by atoms with Crippen molar-refractivity contribution in [1.29, 1.82) is 0 Å². The van der Waals surface area contributed by atoms with Gasteiger partial charge in [-0.15, -0.1) is 0 Å². The summed E-state index contributed by atoms with van der Waals surface area (Å²) in [5.74, 6) is -0.533. The number of rotatable bonds is 5. The zero-order valence-electron chi connectivity index (χ0n) is 10.8. The molecule has 104 valence electrons. The summed E-state index contributed by atoms with van der Waals surface area (Å²) in [6.07, 6.45) is 7.04. The van der Waals surface area contributed by atoms with Gasteiger partial charge in [0.1, 0.15) is 6.10 Å². The lowest BCUT2D eigenvalue weighted by Gasteiger charge is -2.39. The normalized spacial score (nSPS) is 37.7. The molecule has 1 aliphatic rings. The van der Waals surface area contributed by atoms with Crippen molar-refractivity contribution >= 4 is 0 Å². The second-order valence-electron chi connectivity index (χ2n) is 4.90. The molecule has 0 aromatic carbocycles. The molecule has 4 nitrogen and oxygen atoms in total. The summed E-state index contributed by atoms with van der Waals surface area (Å²) in [5.41, 5.74) is 0. The first-order valence-electron chi connectivity index (χ1n) is 6.60. The molecular weight excluding hydrogens is 232 g/mol. The molecule has 0 amide bonds. The number of unbranched alkanes of at least 4 members (excludes halogenated alkanes) is 1. The zero-order valence-corrected chi connectivity index (χ0v) is 10.8. The lowest BCUT2D eigenvalue weighted by molar-refractivity contribution is -0.131. The average molecular weight is 256 g/mol. The highest BCUT2D eigenvalue weighted by Gasteiger charge is 2.41.